The minimum absolute atomic E-state index is 0.0655. The summed E-state index contributed by atoms with van der Waals surface area (Å²) in [6.45, 7) is 4.07. The van der Waals surface area contributed by atoms with E-state index in [4.69, 9.17) is 0 Å². The number of carbonyl (C=O) groups is 2. The quantitative estimate of drug-likeness (QED) is 0.451. The van der Waals surface area contributed by atoms with Crippen molar-refractivity contribution in [3.63, 3.8) is 0 Å². The maximum atomic E-state index is 13.0. The zero-order valence-corrected chi connectivity index (χ0v) is 17.1. The first-order chi connectivity index (χ1) is 13.5. The van der Waals surface area contributed by atoms with Gasteiger partial charge in [-0.1, -0.05) is 44.0 Å². The van der Waals surface area contributed by atoms with Gasteiger partial charge in [0.05, 0.1) is 5.57 Å². The third-order valence-electron chi connectivity index (χ3n) is 5.98. The molecule has 1 aliphatic heterocycles. The highest BCUT2D eigenvalue weighted by Crippen LogP contribution is 2.45. The topological polar surface area (TPSA) is 57.6 Å². The summed E-state index contributed by atoms with van der Waals surface area (Å²) in [6.07, 6.45) is 4.88. The Morgan fingerprint density at radius 3 is 2.39 bits per heavy atom. The summed E-state index contributed by atoms with van der Waals surface area (Å²) in [5.74, 6) is -1.11. The van der Waals surface area contributed by atoms with Crippen molar-refractivity contribution in [2.24, 2.45) is 0 Å². The number of Topliss-reactive ketones (excluding diaryl/α,β-unsaturated/α-hetero) is 1. The van der Waals surface area contributed by atoms with Crippen molar-refractivity contribution in [2.75, 3.05) is 0 Å². The number of aliphatic hydroxyl groups is 1. The zero-order chi connectivity index (χ0) is 19.8. The van der Waals surface area contributed by atoms with E-state index in [1.54, 1.807) is 16.2 Å². The smallest absolute Gasteiger partial charge is 0.295 e. The van der Waals surface area contributed by atoms with Gasteiger partial charge in [0, 0.05) is 16.5 Å². The van der Waals surface area contributed by atoms with Crippen molar-refractivity contribution in [1.29, 1.82) is 0 Å². The van der Waals surface area contributed by atoms with Gasteiger partial charge in [-0.25, -0.2) is 0 Å². The van der Waals surface area contributed by atoms with Gasteiger partial charge in [-0.2, -0.15) is 0 Å². The predicted molar refractivity (Wildman–Crippen MR) is 111 cm³/mol. The van der Waals surface area contributed by atoms with Crippen molar-refractivity contribution in [1.82, 2.24) is 4.90 Å². The normalized spacial score (nSPS) is 22.4. The first kappa shape index (κ1) is 18.9. The second-order valence-electron chi connectivity index (χ2n) is 7.66. The second kappa shape index (κ2) is 7.55. The Balaban J connectivity index is 1.86. The molecule has 1 N–H and O–H groups in total. The summed E-state index contributed by atoms with van der Waals surface area (Å²) < 4.78 is 0. The van der Waals surface area contributed by atoms with Gasteiger partial charge in [0.2, 0.25) is 0 Å². The first-order valence-electron chi connectivity index (χ1n) is 9.96. The minimum Gasteiger partial charge on any atom is -0.507 e. The molecular formula is C23H25NO3S. The highest BCUT2D eigenvalue weighted by Gasteiger charge is 2.49. The number of likely N-dealkylation sites (tertiary alicyclic amines) is 1. The van der Waals surface area contributed by atoms with E-state index in [-0.39, 0.29) is 17.4 Å². The number of thiophene rings is 1. The summed E-state index contributed by atoms with van der Waals surface area (Å²) >= 11 is 1.54. The summed E-state index contributed by atoms with van der Waals surface area (Å²) in [5, 5.41) is 13.1. The molecule has 1 atom stereocenters. The van der Waals surface area contributed by atoms with E-state index in [2.05, 4.69) is 6.92 Å². The molecular weight excluding hydrogens is 370 g/mol. The van der Waals surface area contributed by atoms with Crippen LogP contribution in [0.15, 0.2) is 41.3 Å². The standard InChI is InChI=1S/C23H25NO3S/c1-3-15-8-10-16(11-9-15)20(25)18-19(22-14(2)12-13-28-22)24(23(27)21(18)26)17-6-4-5-7-17/h8-13,17,19,25H,3-7H2,1-2H3/b20-18-. The molecule has 1 saturated carbocycles. The van der Waals surface area contributed by atoms with Crippen LogP contribution in [-0.4, -0.2) is 27.7 Å². The number of benzene rings is 1. The molecule has 1 unspecified atom stereocenters. The van der Waals surface area contributed by atoms with Crippen LogP contribution in [0.25, 0.3) is 5.76 Å². The van der Waals surface area contributed by atoms with Gasteiger partial charge in [-0.05, 0) is 48.8 Å². The third-order valence-corrected chi connectivity index (χ3v) is 7.06. The Labute approximate surface area is 169 Å². The van der Waals surface area contributed by atoms with E-state index in [0.29, 0.717) is 5.56 Å². The van der Waals surface area contributed by atoms with E-state index in [1.807, 2.05) is 42.6 Å². The second-order valence-corrected chi connectivity index (χ2v) is 8.61. The molecule has 2 aromatic rings. The lowest BCUT2D eigenvalue weighted by molar-refractivity contribution is -0.141. The maximum absolute atomic E-state index is 13.0. The largest absolute Gasteiger partial charge is 0.507 e. The van der Waals surface area contributed by atoms with Gasteiger partial charge < -0.3 is 10.0 Å². The Kier molecular flexibility index (Phi) is 5.11. The highest BCUT2D eigenvalue weighted by atomic mass is 32.1. The van der Waals surface area contributed by atoms with E-state index in [1.165, 1.54) is 0 Å². The molecule has 2 fully saturated rings. The molecule has 4 rings (SSSR count). The van der Waals surface area contributed by atoms with Gasteiger partial charge >= 0.3 is 0 Å². The summed E-state index contributed by atoms with van der Waals surface area (Å²) in [4.78, 5) is 28.7. The molecule has 1 aromatic carbocycles. The molecule has 1 amide bonds. The Morgan fingerprint density at radius 1 is 1.14 bits per heavy atom. The van der Waals surface area contributed by atoms with Crippen LogP contribution in [0.2, 0.25) is 0 Å². The van der Waals surface area contributed by atoms with Crippen LogP contribution in [0.3, 0.4) is 0 Å². The van der Waals surface area contributed by atoms with Crippen molar-refractivity contribution >= 4 is 28.8 Å². The molecule has 2 aliphatic rings. The van der Waals surface area contributed by atoms with Crippen LogP contribution in [0.4, 0.5) is 0 Å². The number of hydrogen-bond acceptors (Lipinski definition) is 4. The SMILES string of the molecule is CCc1ccc(/C(O)=C2/C(=O)C(=O)N(C3CCCC3)C2c2sccc2C)cc1. The fourth-order valence-corrected chi connectivity index (χ4v) is 5.42. The minimum atomic E-state index is -0.568. The van der Waals surface area contributed by atoms with Crippen molar-refractivity contribution in [2.45, 2.75) is 58.0 Å². The molecule has 0 spiro atoms. The van der Waals surface area contributed by atoms with Crippen LogP contribution in [0.5, 0.6) is 0 Å². The predicted octanol–water partition coefficient (Wildman–Crippen LogP) is 4.98. The lowest BCUT2D eigenvalue weighted by Crippen LogP contribution is -2.37. The molecule has 28 heavy (non-hydrogen) atoms. The van der Waals surface area contributed by atoms with Crippen molar-refractivity contribution in [3.8, 4) is 0 Å². The summed E-state index contributed by atoms with van der Waals surface area (Å²) in [5.41, 5.74) is 3.02. The first-order valence-corrected chi connectivity index (χ1v) is 10.8. The van der Waals surface area contributed by atoms with E-state index < -0.39 is 17.7 Å². The Bertz CT molecular complexity index is 935. The van der Waals surface area contributed by atoms with Crippen LogP contribution in [-0.2, 0) is 16.0 Å². The number of nitrogens with zero attached hydrogens (tertiary/aromatic N) is 1. The monoisotopic (exact) mass is 395 g/mol. The van der Waals surface area contributed by atoms with Crippen LogP contribution in [0.1, 0.15) is 60.2 Å². The lowest BCUT2D eigenvalue weighted by Gasteiger charge is -2.30. The van der Waals surface area contributed by atoms with Crippen molar-refractivity contribution in [3.05, 3.63) is 62.9 Å². The lowest BCUT2D eigenvalue weighted by atomic mass is 9.97. The van der Waals surface area contributed by atoms with Gasteiger partial charge in [-0.3, -0.25) is 9.59 Å². The average molecular weight is 396 g/mol. The number of rotatable bonds is 4. The number of aryl methyl sites for hydroxylation is 2. The molecule has 4 nitrogen and oxygen atoms in total. The average Bonchev–Trinajstić information content (AvgIpc) is 3.43. The van der Waals surface area contributed by atoms with Gasteiger partial charge in [0.25, 0.3) is 11.7 Å². The zero-order valence-electron chi connectivity index (χ0n) is 16.3. The molecule has 0 radical (unpaired) electrons. The van der Waals surface area contributed by atoms with E-state index in [0.717, 1.165) is 48.1 Å². The molecule has 0 bridgehead atoms. The number of ketones is 1. The van der Waals surface area contributed by atoms with Crippen LogP contribution >= 0.6 is 11.3 Å². The fourth-order valence-electron chi connectivity index (χ4n) is 4.38. The fraction of sp³-hybridized carbons (Fsp3) is 0.391. The number of hydrogen-bond donors (Lipinski definition) is 1. The molecule has 5 heteroatoms. The number of amides is 1. The Hall–Kier alpha value is -2.40. The molecule has 1 aliphatic carbocycles. The summed E-state index contributed by atoms with van der Waals surface area (Å²) in [7, 11) is 0. The van der Waals surface area contributed by atoms with Gasteiger partial charge in [0.15, 0.2) is 0 Å². The van der Waals surface area contributed by atoms with Gasteiger partial charge in [-0.15, -0.1) is 11.3 Å². The summed E-state index contributed by atoms with van der Waals surface area (Å²) in [6, 6.07) is 9.14. The highest BCUT2D eigenvalue weighted by molar-refractivity contribution is 7.10. The maximum Gasteiger partial charge on any atom is 0.295 e. The third kappa shape index (κ3) is 3.08. The number of aliphatic hydroxyl groups excluding tert-OH is 1. The van der Waals surface area contributed by atoms with Crippen molar-refractivity contribution < 1.29 is 14.7 Å². The van der Waals surface area contributed by atoms with E-state index in [9.17, 15) is 14.7 Å². The molecule has 146 valence electrons. The number of carbonyl (C=O) groups excluding carboxylic acids is 2. The Morgan fingerprint density at radius 2 is 1.82 bits per heavy atom. The van der Waals surface area contributed by atoms with E-state index >= 15 is 0 Å². The van der Waals surface area contributed by atoms with Crippen LogP contribution in [0, 0.1) is 6.92 Å². The van der Waals surface area contributed by atoms with Crippen LogP contribution < -0.4 is 0 Å². The molecule has 2 heterocycles. The van der Waals surface area contributed by atoms with Gasteiger partial charge in [0.1, 0.15) is 11.8 Å². The molecule has 1 saturated heterocycles. The molecule has 1 aromatic heterocycles.